The smallest absolute Gasteiger partial charge is 0.160 e. The van der Waals surface area contributed by atoms with Crippen molar-refractivity contribution in [2.75, 3.05) is 25.0 Å². The lowest BCUT2D eigenvalue weighted by molar-refractivity contribution is 0.0965. The first-order valence-corrected chi connectivity index (χ1v) is 8.76. The molecule has 0 aliphatic carbocycles. The number of likely N-dealkylation sites (tertiary alicyclic amines) is 1. The van der Waals surface area contributed by atoms with Gasteiger partial charge in [-0.15, -0.1) is 0 Å². The molecule has 1 aliphatic rings. The zero-order valence-corrected chi connectivity index (χ0v) is 14.3. The van der Waals surface area contributed by atoms with E-state index in [0.717, 1.165) is 37.1 Å². The van der Waals surface area contributed by atoms with Crippen LogP contribution < -0.4 is 5.32 Å². The highest BCUT2D eigenvalue weighted by Gasteiger charge is 2.23. The maximum Gasteiger partial charge on any atom is 0.160 e. The summed E-state index contributed by atoms with van der Waals surface area (Å²) < 4.78 is 13.8. The first kappa shape index (κ1) is 16.9. The molecule has 0 spiro atoms. The third-order valence-electron chi connectivity index (χ3n) is 4.87. The molecule has 1 aliphatic heterocycles. The molecule has 1 saturated heterocycles. The van der Waals surface area contributed by atoms with Crippen LogP contribution in [-0.2, 0) is 0 Å². The van der Waals surface area contributed by atoms with E-state index in [-0.39, 0.29) is 5.82 Å². The Kier molecular flexibility index (Phi) is 4.77. The largest absolute Gasteiger partial charge is 0.387 e. The number of anilines is 1. The van der Waals surface area contributed by atoms with Gasteiger partial charge < -0.3 is 15.3 Å². The van der Waals surface area contributed by atoms with Gasteiger partial charge in [-0.05, 0) is 18.9 Å². The SMILES string of the molecule is OC(CN1CCC(Nc2ncnc3[nH]ncc23)CC1)c1ccccc1F. The van der Waals surface area contributed by atoms with Gasteiger partial charge in [-0.1, -0.05) is 18.2 Å². The maximum atomic E-state index is 13.8. The van der Waals surface area contributed by atoms with Crippen LogP contribution in [0.5, 0.6) is 0 Å². The Morgan fingerprint density at radius 3 is 2.88 bits per heavy atom. The summed E-state index contributed by atoms with van der Waals surface area (Å²) in [5.74, 6) is 0.429. The third-order valence-corrected chi connectivity index (χ3v) is 4.87. The molecular formula is C18H21FN6O. The average Bonchev–Trinajstić information content (AvgIpc) is 3.13. The van der Waals surface area contributed by atoms with Crippen LogP contribution in [0.4, 0.5) is 10.2 Å². The molecule has 26 heavy (non-hydrogen) atoms. The predicted molar refractivity (Wildman–Crippen MR) is 96.1 cm³/mol. The van der Waals surface area contributed by atoms with Crippen molar-refractivity contribution in [2.45, 2.75) is 25.0 Å². The quantitative estimate of drug-likeness (QED) is 0.649. The highest BCUT2D eigenvalue weighted by atomic mass is 19.1. The minimum absolute atomic E-state index is 0.296. The molecule has 0 bridgehead atoms. The molecule has 4 rings (SSSR count). The first-order valence-electron chi connectivity index (χ1n) is 8.76. The fraction of sp³-hybridized carbons (Fsp3) is 0.389. The molecule has 1 unspecified atom stereocenters. The molecule has 3 N–H and O–H groups in total. The molecule has 1 fully saturated rings. The van der Waals surface area contributed by atoms with Gasteiger partial charge in [-0.2, -0.15) is 5.10 Å². The zero-order valence-electron chi connectivity index (χ0n) is 14.3. The van der Waals surface area contributed by atoms with Gasteiger partial charge in [0.2, 0.25) is 0 Å². The van der Waals surface area contributed by atoms with Crippen LogP contribution in [-0.4, -0.2) is 55.8 Å². The molecule has 7 nitrogen and oxygen atoms in total. The number of H-pyrrole nitrogens is 1. The number of aliphatic hydroxyl groups is 1. The van der Waals surface area contributed by atoms with E-state index < -0.39 is 6.10 Å². The van der Waals surface area contributed by atoms with E-state index in [0.29, 0.717) is 23.8 Å². The second kappa shape index (κ2) is 7.35. The Bertz CT molecular complexity index is 877. The normalized spacial score (nSPS) is 17.5. The van der Waals surface area contributed by atoms with E-state index in [9.17, 15) is 9.50 Å². The van der Waals surface area contributed by atoms with Crippen LogP contribution in [0, 0.1) is 5.82 Å². The van der Waals surface area contributed by atoms with Gasteiger partial charge in [0, 0.05) is 31.2 Å². The Hall–Kier alpha value is -2.58. The number of hydrogen-bond donors (Lipinski definition) is 3. The summed E-state index contributed by atoms with van der Waals surface area (Å²) in [6.07, 6.45) is 4.27. The molecule has 1 atom stereocenters. The number of piperidine rings is 1. The summed E-state index contributed by atoms with van der Waals surface area (Å²) in [7, 11) is 0. The molecule has 136 valence electrons. The van der Waals surface area contributed by atoms with Crippen molar-refractivity contribution in [1.29, 1.82) is 0 Å². The van der Waals surface area contributed by atoms with Crippen molar-refractivity contribution in [3.05, 3.63) is 48.2 Å². The van der Waals surface area contributed by atoms with Gasteiger partial charge in [0.05, 0.1) is 17.7 Å². The van der Waals surface area contributed by atoms with E-state index in [1.807, 2.05) is 0 Å². The minimum atomic E-state index is -0.812. The first-order chi connectivity index (χ1) is 12.7. The van der Waals surface area contributed by atoms with Gasteiger partial charge in [-0.25, -0.2) is 14.4 Å². The summed E-state index contributed by atoms with van der Waals surface area (Å²) in [6, 6.07) is 6.69. The monoisotopic (exact) mass is 356 g/mol. The molecule has 8 heteroatoms. The van der Waals surface area contributed by atoms with Crippen LogP contribution in [0.15, 0.2) is 36.8 Å². The molecule has 0 amide bonds. The van der Waals surface area contributed by atoms with Gasteiger partial charge in [0.25, 0.3) is 0 Å². The van der Waals surface area contributed by atoms with Gasteiger partial charge in [-0.3, -0.25) is 5.10 Å². The number of β-amino-alcohol motifs (C(OH)–C–C–N with tert-alkyl or cyclic N) is 1. The fourth-order valence-corrected chi connectivity index (χ4v) is 3.42. The van der Waals surface area contributed by atoms with Crippen LogP contribution >= 0.6 is 0 Å². The average molecular weight is 356 g/mol. The molecule has 3 heterocycles. The van der Waals surface area contributed by atoms with E-state index in [1.165, 1.54) is 12.4 Å². The van der Waals surface area contributed by atoms with Crippen molar-refractivity contribution in [1.82, 2.24) is 25.1 Å². The molecule has 0 radical (unpaired) electrons. The van der Waals surface area contributed by atoms with E-state index >= 15 is 0 Å². The third kappa shape index (κ3) is 3.51. The van der Waals surface area contributed by atoms with Gasteiger partial charge in [0.1, 0.15) is 18.0 Å². The molecule has 0 saturated carbocycles. The number of fused-ring (bicyclic) bond motifs is 1. The summed E-state index contributed by atoms with van der Waals surface area (Å²) in [6.45, 7) is 2.11. The topological polar surface area (TPSA) is 90.0 Å². The Morgan fingerprint density at radius 2 is 2.08 bits per heavy atom. The molecule has 2 aromatic heterocycles. The molecule has 1 aromatic carbocycles. The van der Waals surface area contributed by atoms with Crippen molar-refractivity contribution in [3.63, 3.8) is 0 Å². The number of hydrogen-bond acceptors (Lipinski definition) is 6. The second-order valence-corrected chi connectivity index (χ2v) is 6.61. The maximum absolute atomic E-state index is 13.8. The fourth-order valence-electron chi connectivity index (χ4n) is 3.42. The molecular weight excluding hydrogens is 335 g/mol. The van der Waals surface area contributed by atoms with E-state index in [1.54, 1.807) is 24.4 Å². The highest BCUT2D eigenvalue weighted by molar-refractivity contribution is 5.85. The lowest BCUT2D eigenvalue weighted by Gasteiger charge is -2.33. The second-order valence-electron chi connectivity index (χ2n) is 6.61. The summed E-state index contributed by atoms with van der Waals surface area (Å²) in [4.78, 5) is 10.6. The number of halogens is 1. The number of aromatic amines is 1. The highest BCUT2D eigenvalue weighted by Crippen LogP contribution is 2.23. The van der Waals surface area contributed by atoms with Gasteiger partial charge >= 0.3 is 0 Å². The summed E-state index contributed by atoms with van der Waals surface area (Å²) in [5, 5.41) is 21.5. The van der Waals surface area contributed by atoms with Crippen molar-refractivity contribution >= 4 is 16.9 Å². The standard InChI is InChI=1S/C18H21FN6O/c19-15-4-2-1-3-13(15)16(26)10-25-7-5-12(6-8-25)23-17-14-9-22-24-18(14)21-11-20-17/h1-4,9,11-12,16,26H,5-8,10H2,(H2,20,21,22,23,24). The predicted octanol–water partition coefficient (Wildman–Crippen LogP) is 2.10. The zero-order chi connectivity index (χ0) is 17.9. The lowest BCUT2D eigenvalue weighted by atomic mass is 10.0. The van der Waals surface area contributed by atoms with Crippen LogP contribution in [0.2, 0.25) is 0 Å². The Balaban J connectivity index is 1.33. The van der Waals surface area contributed by atoms with Crippen LogP contribution in [0.3, 0.4) is 0 Å². The number of aromatic nitrogens is 4. The van der Waals surface area contributed by atoms with Crippen molar-refractivity contribution in [3.8, 4) is 0 Å². The minimum Gasteiger partial charge on any atom is -0.387 e. The summed E-state index contributed by atoms with van der Waals surface area (Å²) in [5.41, 5.74) is 1.07. The van der Waals surface area contributed by atoms with Crippen molar-refractivity contribution in [2.24, 2.45) is 0 Å². The number of benzene rings is 1. The van der Waals surface area contributed by atoms with E-state index in [4.69, 9.17) is 0 Å². The Morgan fingerprint density at radius 1 is 1.27 bits per heavy atom. The van der Waals surface area contributed by atoms with Gasteiger partial charge in [0.15, 0.2) is 5.65 Å². The number of rotatable bonds is 5. The number of nitrogens with one attached hydrogen (secondary N) is 2. The lowest BCUT2D eigenvalue weighted by Crippen LogP contribution is -2.41. The Labute approximate surface area is 150 Å². The van der Waals surface area contributed by atoms with Crippen LogP contribution in [0.1, 0.15) is 24.5 Å². The van der Waals surface area contributed by atoms with E-state index in [2.05, 4.69) is 30.4 Å². The number of nitrogens with zero attached hydrogens (tertiary/aromatic N) is 4. The number of aliphatic hydroxyl groups excluding tert-OH is 1. The van der Waals surface area contributed by atoms with Crippen LogP contribution in [0.25, 0.3) is 11.0 Å². The summed E-state index contributed by atoms with van der Waals surface area (Å²) >= 11 is 0. The van der Waals surface area contributed by atoms with Crippen molar-refractivity contribution < 1.29 is 9.50 Å². The molecule has 3 aromatic rings.